The van der Waals surface area contributed by atoms with Crippen LogP contribution in [0.15, 0.2) is 28.7 Å². The Morgan fingerprint density at radius 1 is 1.24 bits per heavy atom. The Balaban J connectivity index is 2.30. The number of hydrogen-bond acceptors (Lipinski definition) is 5. The summed E-state index contributed by atoms with van der Waals surface area (Å²) in [5, 5.41) is 2.67. The quantitative estimate of drug-likeness (QED) is 0.668. The Labute approximate surface area is 121 Å². The minimum Gasteiger partial charge on any atom is -0.466 e. The van der Waals surface area contributed by atoms with E-state index in [9.17, 15) is 9.59 Å². The van der Waals surface area contributed by atoms with Crippen molar-refractivity contribution in [3.63, 3.8) is 0 Å². The van der Waals surface area contributed by atoms with E-state index < -0.39 is 5.97 Å². The van der Waals surface area contributed by atoms with Gasteiger partial charge in [-0.05, 0) is 32.0 Å². The maximum atomic E-state index is 12.2. The maximum Gasteiger partial charge on any atom is 0.340 e. The van der Waals surface area contributed by atoms with Crippen molar-refractivity contribution < 1.29 is 18.7 Å². The minimum absolute atomic E-state index is 0.163. The number of ether oxygens (including phenoxy) is 1. The van der Waals surface area contributed by atoms with E-state index in [4.69, 9.17) is 10.2 Å². The predicted octanol–water partition coefficient (Wildman–Crippen LogP) is 2.52. The molecule has 1 aromatic heterocycles. The van der Waals surface area contributed by atoms with Crippen molar-refractivity contribution in [1.82, 2.24) is 0 Å². The van der Waals surface area contributed by atoms with E-state index in [1.807, 2.05) is 0 Å². The van der Waals surface area contributed by atoms with Gasteiger partial charge >= 0.3 is 5.97 Å². The van der Waals surface area contributed by atoms with Crippen LogP contribution in [0.25, 0.3) is 0 Å². The van der Waals surface area contributed by atoms with Crippen LogP contribution < -0.4 is 11.1 Å². The largest absolute Gasteiger partial charge is 0.466 e. The third-order valence-corrected chi connectivity index (χ3v) is 3.05. The van der Waals surface area contributed by atoms with Crippen molar-refractivity contribution in [2.75, 3.05) is 18.2 Å². The first-order valence-electron chi connectivity index (χ1n) is 6.29. The lowest BCUT2D eigenvalue weighted by atomic mass is 10.1. The molecule has 0 spiro atoms. The molecule has 1 aromatic carbocycles. The summed E-state index contributed by atoms with van der Waals surface area (Å²) in [5.74, 6) is 0.263. The van der Waals surface area contributed by atoms with Gasteiger partial charge < -0.3 is 20.2 Å². The van der Waals surface area contributed by atoms with E-state index in [2.05, 4.69) is 10.1 Å². The molecule has 0 aliphatic carbocycles. The molecule has 3 N–H and O–H groups in total. The van der Waals surface area contributed by atoms with Crippen LogP contribution in [0.5, 0.6) is 0 Å². The summed E-state index contributed by atoms with van der Waals surface area (Å²) in [6, 6.07) is 6.41. The molecule has 0 unspecified atom stereocenters. The number of nitrogens with one attached hydrogen (secondary N) is 1. The van der Waals surface area contributed by atoms with Gasteiger partial charge in [0.15, 0.2) is 0 Å². The molecule has 0 fully saturated rings. The van der Waals surface area contributed by atoms with Crippen molar-refractivity contribution in [3.05, 3.63) is 46.9 Å². The zero-order chi connectivity index (χ0) is 15.6. The Bertz CT molecular complexity index is 704. The third kappa shape index (κ3) is 2.89. The second-order valence-electron chi connectivity index (χ2n) is 4.54. The van der Waals surface area contributed by atoms with Crippen LogP contribution in [0.4, 0.5) is 11.4 Å². The summed E-state index contributed by atoms with van der Waals surface area (Å²) >= 11 is 0. The van der Waals surface area contributed by atoms with Gasteiger partial charge in [0, 0.05) is 0 Å². The summed E-state index contributed by atoms with van der Waals surface area (Å²) in [6.07, 6.45) is 0. The van der Waals surface area contributed by atoms with Crippen LogP contribution in [0, 0.1) is 13.8 Å². The van der Waals surface area contributed by atoms with E-state index in [1.54, 1.807) is 32.0 Å². The first-order valence-corrected chi connectivity index (χ1v) is 6.29. The number of nitrogen functional groups attached to an aromatic ring is 1. The molecule has 0 aliphatic rings. The van der Waals surface area contributed by atoms with E-state index in [1.165, 1.54) is 13.2 Å². The lowest BCUT2D eigenvalue weighted by Crippen LogP contribution is -2.15. The number of benzene rings is 1. The number of rotatable bonds is 3. The fraction of sp³-hybridized carbons (Fsp3) is 0.200. The number of amides is 1. The zero-order valence-electron chi connectivity index (χ0n) is 12.0. The minimum atomic E-state index is -0.557. The van der Waals surface area contributed by atoms with Crippen LogP contribution in [0.3, 0.4) is 0 Å². The Hall–Kier alpha value is -2.76. The molecule has 6 heteroatoms. The van der Waals surface area contributed by atoms with Crippen LogP contribution in [-0.2, 0) is 4.74 Å². The Morgan fingerprint density at radius 2 is 1.95 bits per heavy atom. The molecule has 1 amide bonds. The Kier molecular flexibility index (Phi) is 3.98. The van der Waals surface area contributed by atoms with Gasteiger partial charge in [0.25, 0.3) is 5.91 Å². The first-order chi connectivity index (χ1) is 9.93. The lowest BCUT2D eigenvalue weighted by Gasteiger charge is -2.10. The summed E-state index contributed by atoms with van der Waals surface area (Å²) in [6.45, 7) is 3.46. The summed E-state index contributed by atoms with van der Waals surface area (Å²) < 4.78 is 9.95. The molecule has 6 nitrogen and oxygen atoms in total. The van der Waals surface area contributed by atoms with E-state index >= 15 is 0 Å². The average Bonchev–Trinajstić information content (AvgIpc) is 2.79. The Morgan fingerprint density at radius 3 is 2.52 bits per heavy atom. The number of furan rings is 1. The topological polar surface area (TPSA) is 94.6 Å². The third-order valence-electron chi connectivity index (χ3n) is 3.05. The summed E-state index contributed by atoms with van der Waals surface area (Å²) in [4.78, 5) is 23.8. The van der Waals surface area contributed by atoms with E-state index in [-0.39, 0.29) is 17.2 Å². The molecule has 0 radical (unpaired) electrons. The molecule has 0 bridgehead atoms. The van der Waals surface area contributed by atoms with Gasteiger partial charge in [-0.3, -0.25) is 4.79 Å². The molecule has 21 heavy (non-hydrogen) atoms. The second kappa shape index (κ2) is 5.70. The standard InChI is InChI=1S/C15H16N2O4/c1-8-7-11(9(2)21-8)14(18)17-12-6-4-5-10(13(12)16)15(19)20-3/h4-7H,16H2,1-3H3,(H,17,18). The van der Waals surface area contributed by atoms with E-state index in [0.717, 1.165) is 0 Å². The van der Waals surface area contributed by atoms with Crippen molar-refractivity contribution >= 4 is 23.3 Å². The van der Waals surface area contributed by atoms with Crippen molar-refractivity contribution in [2.24, 2.45) is 0 Å². The fourth-order valence-electron chi connectivity index (χ4n) is 2.01. The fourth-order valence-corrected chi connectivity index (χ4v) is 2.01. The number of esters is 1. The van der Waals surface area contributed by atoms with Gasteiger partial charge in [-0.15, -0.1) is 0 Å². The number of para-hydroxylation sites is 1. The van der Waals surface area contributed by atoms with Crippen LogP contribution in [-0.4, -0.2) is 19.0 Å². The number of hydrogen-bond donors (Lipinski definition) is 2. The van der Waals surface area contributed by atoms with Crippen molar-refractivity contribution in [1.29, 1.82) is 0 Å². The zero-order valence-corrected chi connectivity index (χ0v) is 12.0. The molecule has 0 aliphatic heterocycles. The number of carbonyl (C=O) groups excluding carboxylic acids is 2. The first kappa shape index (κ1) is 14.6. The molecular formula is C15H16N2O4. The highest BCUT2D eigenvalue weighted by Crippen LogP contribution is 2.25. The molecule has 0 atom stereocenters. The molecule has 0 saturated carbocycles. The maximum absolute atomic E-state index is 12.2. The molecule has 2 aromatic rings. The van der Waals surface area contributed by atoms with Gasteiger partial charge in [-0.25, -0.2) is 4.79 Å². The average molecular weight is 288 g/mol. The van der Waals surface area contributed by atoms with Crippen LogP contribution in [0.2, 0.25) is 0 Å². The van der Waals surface area contributed by atoms with Crippen LogP contribution in [0.1, 0.15) is 32.2 Å². The van der Waals surface area contributed by atoms with Gasteiger partial charge in [0.05, 0.1) is 29.6 Å². The van der Waals surface area contributed by atoms with Crippen molar-refractivity contribution in [2.45, 2.75) is 13.8 Å². The summed E-state index contributed by atoms with van der Waals surface area (Å²) in [5.41, 5.74) is 7.03. The monoisotopic (exact) mass is 288 g/mol. The molecule has 2 rings (SSSR count). The molecule has 1 heterocycles. The summed E-state index contributed by atoms with van der Waals surface area (Å²) in [7, 11) is 1.27. The molecule has 0 saturated heterocycles. The van der Waals surface area contributed by atoms with Gasteiger partial charge in [0.2, 0.25) is 0 Å². The predicted molar refractivity (Wildman–Crippen MR) is 78.3 cm³/mol. The highest BCUT2D eigenvalue weighted by atomic mass is 16.5. The number of aryl methyl sites for hydroxylation is 2. The smallest absolute Gasteiger partial charge is 0.340 e. The highest BCUT2D eigenvalue weighted by molar-refractivity contribution is 6.08. The number of nitrogens with two attached hydrogens (primary N) is 1. The number of methoxy groups -OCH3 is 1. The SMILES string of the molecule is COC(=O)c1cccc(NC(=O)c2cc(C)oc2C)c1N. The van der Waals surface area contributed by atoms with Crippen molar-refractivity contribution in [3.8, 4) is 0 Å². The van der Waals surface area contributed by atoms with E-state index in [0.29, 0.717) is 22.8 Å². The van der Waals surface area contributed by atoms with Crippen LogP contribution >= 0.6 is 0 Å². The molecule has 110 valence electrons. The normalized spacial score (nSPS) is 10.2. The highest BCUT2D eigenvalue weighted by Gasteiger charge is 2.17. The van der Waals surface area contributed by atoms with Gasteiger partial charge in [0.1, 0.15) is 11.5 Å². The molecular weight excluding hydrogens is 272 g/mol. The number of carbonyl (C=O) groups is 2. The van der Waals surface area contributed by atoms with Gasteiger partial charge in [-0.1, -0.05) is 6.07 Å². The number of anilines is 2. The van der Waals surface area contributed by atoms with Gasteiger partial charge in [-0.2, -0.15) is 0 Å². The second-order valence-corrected chi connectivity index (χ2v) is 4.54. The lowest BCUT2D eigenvalue weighted by molar-refractivity contribution is 0.0601.